The quantitative estimate of drug-likeness (QED) is 0.600. The normalized spacial score (nSPS) is 11.2. The molecule has 0 unspecified atom stereocenters. The molecule has 0 aromatic rings. The predicted molar refractivity (Wildman–Crippen MR) is 64.4 cm³/mol. The number of thiocarbonyl (C=S) groups is 1. The Morgan fingerprint density at radius 1 is 1.36 bits per heavy atom. The molecule has 0 aliphatic heterocycles. The molecule has 0 amide bonds. The van der Waals surface area contributed by atoms with Crippen LogP contribution in [0.5, 0.6) is 0 Å². The molecule has 3 N–H and O–H groups in total. The second-order valence-electron chi connectivity index (χ2n) is 3.78. The molecule has 3 nitrogen and oxygen atoms in total. The lowest BCUT2D eigenvalue weighted by atomic mass is 10.2. The minimum atomic E-state index is 0.262. The van der Waals surface area contributed by atoms with E-state index < -0.39 is 0 Å². The van der Waals surface area contributed by atoms with Crippen LogP contribution in [0.25, 0.3) is 0 Å². The van der Waals surface area contributed by atoms with E-state index >= 15 is 0 Å². The monoisotopic (exact) mass is 218 g/mol. The van der Waals surface area contributed by atoms with Gasteiger partial charge in [-0.25, -0.2) is 0 Å². The molecule has 0 aromatic carbocycles. The van der Waals surface area contributed by atoms with Crippen LogP contribution in [0.3, 0.4) is 0 Å². The van der Waals surface area contributed by atoms with Crippen LogP contribution >= 0.6 is 12.2 Å². The number of hydrogen-bond acceptors (Lipinski definition) is 3. The first kappa shape index (κ1) is 13.8. The summed E-state index contributed by atoms with van der Waals surface area (Å²) in [7, 11) is 0. The Morgan fingerprint density at radius 3 is 2.36 bits per heavy atom. The summed E-state index contributed by atoms with van der Waals surface area (Å²) < 4.78 is 0. The molecular formula is C10H22N2OS. The van der Waals surface area contributed by atoms with E-state index in [1.807, 2.05) is 0 Å². The van der Waals surface area contributed by atoms with Gasteiger partial charge in [0.2, 0.25) is 0 Å². The van der Waals surface area contributed by atoms with Gasteiger partial charge in [-0.2, -0.15) is 0 Å². The fourth-order valence-electron chi connectivity index (χ4n) is 1.36. The fraction of sp³-hybridized carbons (Fsp3) is 0.900. The van der Waals surface area contributed by atoms with Gasteiger partial charge in [-0.3, -0.25) is 0 Å². The van der Waals surface area contributed by atoms with Gasteiger partial charge in [0.05, 0.1) is 4.99 Å². The zero-order valence-corrected chi connectivity index (χ0v) is 10.0. The van der Waals surface area contributed by atoms with E-state index in [0.29, 0.717) is 11.0 Å². The molecule has 0 aliphatic carbocycles. The number of nitrogens with zero attached hydrogens (tertiary/aromatic N) is 1. The minimum absolute atomic E-state index is 0.262. The van der Waals surface area contributed by atoms with E-state index in [2.05, 4.69) is 18.7 Å². The molecule has 0 saturated carbocycles. The van der Waals surface area contributed by atoms with Gasteiger partial charge in [0.15, 0.2) is 0 Å². The maximum absolute atomic E-state index is 8.74. The maximum Gasteiger partial charge on any atom is 0.0727 e. The highest BCUT2D eigenvalue weighted by atomic mass is 32.1. The molecule has 4 heteroatoms. The Hall–Kier alpha value is -0.190. The minimum Gasteiger partial charge on any atom is -0.396 e. The van der Waals surface area contributed by atoms with Crippen molar-refractivity contribution < 1.29 is 5.11 Å². The van der Waals surface area contributed by atoms with Crippen molar-refractivity contribution in [1.29, 1.82) is 0 Å². The molecule has 0 bridgehead atoms. The number of aliphatic hydroxyl groups is 1. The van der Waals surface area contributed by atoms with Crippen molar-refractivity contribution in [1.82, 2.24) is 4.90 Å². The molecule has 0 aliphatic rings. The molecule has 0 aromatic heterocycles. The van der Waals surface area contributed by atoms with Crippen molar-refractivity contribution in [3.05, 3.63) is 0 Å². The van der Waals surface area contributed by atoms with Crippen LogP contribution in [0.4, 0.5) is 0 Å². The highest BCUT2D eigenvalue weighted by molar-refractivity contribution is 7.80. The smallest absolute Gasteiger partial charge is 0.0727 e. The molecule has 0 rings (SSSR count). The molecule has 0 radical (unpaired) electrons. The van der Waals surface area contributed by atoms with Gasteiger partial charge in [-0.1, -0.05) is 12.2 Å². The van der Waals surface area contributed by atoms with Crippen LogP contribution in [0.2, 0.25) is 0 Å². The summed E-state index contributed by atoms with van der Waals surface area (Å²) in [5.74, 6) is 0. The van der Waals surface area contributed by atoms with E-state index in [1.165, 1.54) is 0 Å². The molecular weight excluding hydrogens is 196 g/mol. The SMILES string of the molecule is CC(C)N(CCCO)CCCC(N)=S. The maximum atomic E-state index is 8.74. The topological polar surface area (TPSA) is 49.5 Å². The van der Waals surface area contributed by atoms with Crippen LogP contribution < -0.4 is 5.73 Å². The highest BCUT2D eigenvalue weighted by Gasteiger charge is 2.08. The van der Waals surface area contributed by atoms with Crippen molar-refractivity contribution in [3.8, 4) is 0 Å². The summed E-state index contributed by atoms with van der Waals surface area (Å²) in [5, 5.41) is 8.74. The zero-order chi connectivity index (χ0) is 11.0. The Labute approximate surface area is 92.3 Å². The van der Waals surface area contributed by atoms with Gasteiger partial charge in [0.25, 0.3) is 0 Å². The number of hydrogen-bond donors (Lipinski definition) is 2. The third-order valence-corrected chi connectivity index (χ3v) is 2.41. The number of rotatable bonds is 8. The average Bonchev–Trinajstić information content (AvgIpc) is 2.09. The van der Waals surface area contributed by atoms with Crippen molar-refractivity contribution in [3.63, 3.8) is 0 Å². The molecule has 0 heterocycles. The predicted octanol–water partition coefficient (Wildman–Crippen LogP) is 1.15. The van der Waals surface area contributed by atoms with Crippen molar-refractivity contribution in [2.75, 3.05) is 19.7 Å². The summed E-state index contributed by atoms with van der Waals surface area (Å²) in [4.78, 5) is 2.94. The lowest BCUT2D eigenvalue weighted by Crippen LogP contribution is -2.33. The lowest BCUT2D eigenvalue weighted by molar-refractivity contribution is 0.191. The average molecular weight is 218 g/mol. The van der Waals surface area contributed by atoms with Crippen LogP contribution in [0.1, 0.15) is 33.1 Å². The summed E-state index contributed by atoms with van der Waals surface area (Å²) in [6.45, 7) is 6.55. The fourth-order valence-corrected chi connectivity index (χ4v) is 1.50. The standard InChI is InChI=1S/C10H22N2OS/c1-9(2)12(7-4-8-13)6-3-5-10(11)14/h9,13H,3-8H2,1-2H3,(H2,11,14). The Morgan fingerprint density at radius 2 is 1.93 bits per heavy atom. The molecule has 0 spiro atoms. The summed E-state index contributed by atoms with van der Waals surface area (Å²) in [6.07, 6.45) is 2.67. The molecule has 84 valence electrons. The van der Waals surface area contributed by atoms with E-state index in [9.17, 15) is 0 Å². The highest BCUT2D eigenvalue weighted by Crippen LogP contribution is 2.02. The van der Waals surface area contributed by atoms with E-state index in [4.69, 9.17) is 23.1 Å². The van der Waals surface area contributed by atoms with Crippen molar-refractivity contribution in [2.24, 2.45) is 5.73 Å². The Balaban J connectivity index is 3.67. The summed E-state index contributed by atoms with van der Waals surface area (Å²) in [5.41, 5.74) is 5.43. The van der Waals surface area contributed by atoms with Crippen molar-refractivity contribution in [2.45, 2.75) is 39.2 Å². The first-order valence-electron chi connectivity index (χ1n) is 5.21. The Kier molecular flexibility index (Phi) is 8.04. The molecule has 14 heavy (non-hydrogen) atoms. The third kappa shape index (κ3) is 7.24. The van der Waals surface area contributed by atoms with E-state index in [1.54, 1.807) is 0 Å². The Bertz CT molecular complexity index is 162. The molecule has 0 fully saturated rings. The van der Waals surface area contributed by atoms with Gasteiger partial charge in [-0.05, 0) is 39.7 Å². The number of nitrogens with two attached hydrogens (primary N) is 1. The van der Waals surface area contributed by atoms with Gasteiger partial charge >= 0.3 is 0 Å². The van der Waals surface area contributed by atoms with Gasteiger partial charge < -0.3 is 15.7 Å². The lowest BCUT2D eigenvalue weighted by Gasteiger charge is -2.25. The first-order chi connectivity index (χ1) is 6.57. The second-order valence-corrected chi connectivity index (χ2v) is 4.30. The van der Waals surface area contributed by atoms with Crippen LogP contribution in [0, 0.1) is 0 Å². The van der Waals surface area contributed by atoms with Gasteiger partial charge in [0.1, 0.15) is 0 Å². The van der Waals surface area contributed by atoms with Gasteiger partial charge in [-0.15, -0.1) is 0 Å². The summed E-state index contributed by atoms with van der Waals surface area (Å²) in [6, 6.07) is 0.521. The number of aliphatic hydroxyl groups excluding tert-OH is 1. The van der Waals surface area contributed by atoms with E-state index in [-0.39, 0.29) is 6.61 Å². The van der Waals surface area contributed by atoms with Gasteiger partial charge in [0, 0.05) is 19.2 Å². The van der Waals surface area contributed by atoms with Crippen LogP contribution in [-0.4, -0.2) is 40.7 Å². The van der Waals surface area contributed by atoms with E-state index in [0.717, 1.165) is 32.4 Å². The second kappa shape index (κ2) is 8.15. The molecule has 0 saturated heterocycles. The summed E-state index contributed by atoms with van der Waals surface area (Å²) >= 11 is 4.82. The zero-order valence-electron chi connectivity index (χ0n) is 9.20. The molecule has 0 atom stereocenters. The van der Waals surface area contributed by atoms with Crippen LogP contribution in [0.15, 0.2) is 0 Å². The first-order valence-corrected chi connectivity index (χ1v) is 5.62. The largest absolute Gasteiger partial charge is 0.396 e. The van der Waals surface area contributed by atoms with Crippen molar-refractivity contribution >= 4 is 17.2 Å². The third-order valence-electron chi connectivity index (χ3n) is 2.20. The van der Waals surface area contributed by atoms with Crippen LogP contribution in [-0.2, 0) is 0 Å².